The number of methoxy groups -OCH3 is 1. The Morgan fingerprint density at radius 1 is 1.13 bits per heavy atom. The van der Waals surface area contributed by atoms with Crippen molar-refractivity contribution in [2.75, 3.05) is 12.0 Å². The number of ether oxygens (including phenoxy) is 1. The minimum atomic E-state index is -0.878. The normalized spacial score (nSPS) is 18.1. The van der Waals surface area contributed by atoms with Gasteiger partial charge in [-0.25, -0.2) is 4.39 Å². The molecular formula is C23H18FNO4S. The molecule has 1 aliphatic rings. The molecule has 1 atom stereocenters. The molecule has 7 heteroatoms. The van der Waals surface area contributed by atoms with E-state index < -0.39 is 23.5 Å². The van der Waals surface area contributed by atoms with Crippen molar-refractivity contribution in [3.8, 4) is 5.75 Å². The average Bonchev–Trinajstić information content (AvgIpc) is 3.34. The van der Waals surface area contributed by atoms with Crippen LogP contribution in [-0.4, -0.2) is 23.9 Å². The monoisotopic (exact) mass is 423 g/mol. The number of benzene rings is 2. The van der Waals surface area contributed by atoms with Gasteiger partial charge < -0.3 is 9.84 Å². The van der Waals surface area contributed by atoms with E-state index in [0.29, 0.717) is 16.2 Å². The zero-order chi connectivity index (χ0) is 21.4. The van der Waals surface area contributed by atoms with E-state index in [-0.39, 0.29) is 17.0 Å². The Labute approximate surface area is 176 Å². The van der Waals surface area contributed by atoms with Crippen molar-refractivity contribution in [1.82, 2.24) is 0 Å². The Bertz CT molecular complexity index is 1170. The fraction of sp³-hybridized carbons (Fsp3) is 0.130. The fourth-order valence-electron chi connectivity index (χ4n) is 3.59. The fourth-order valence-corrected chi connectivity index (χ4v) is 4.42. The van der Waals surface area contributed by atoms with Crippen LogP contribution in [0.2, 0.25) is 0 Å². The number of aliphatic hydroxyl groups is 1. The highest BCUT2D eigenvalue weighted by Crippen LogP contribution is 2.44. The van der Waals surface area contributed by atoms with Crippen LogP contribution in [0.3, 0.4) is 0 Å². The van der Waals surface area contributed by atoms with Crippen molar-refractivity contribution in [2.24, 2.45) is 0 Å². The molecule has 1 unspecified atom stereocenters. The highest BCUT2D eigenvalue weighted by Gasteiger charge is 2.47. The SMILES string of the molecule is COc1ccc(C)cc1/C(O)=C1/C(=O)C(=O)N(c2cccc(F)c2)C1c1cccs1. The molecule has 1 saturated heterocycles. The van der Waals surface area contributed by atoms with Crippen molar-refractivity contribution in [1.29, 1.82) is 0 Å². The third-order valence-corrected chi connectivity index (χ3v) is 5.88. The first-order valence-corrected chi connectivity index (χ1v) is 10.1. The minimum Gasteiger partial charge on any atom is -0.507 e. The van der Waals surface area contributed by atoms with Crippen LogP contribution in [0.4, 0.5) is 10.1 Å². The lowest BCUT2D eigenvalue weighted by atomic mass is 9.98. The van der Waals surface area contributed by atoms with Crippen LogP contribution in [0.15, 0.2) is 65.6 Å². The third kappa shape index (κ3) is 3.27. The summed E-state index contributed by atoms with van der Waals surface area (Å²) in [6.07, 6.45) is 0. The Kier molecular flexibility index (Phi) is 5.13. The second-order valence-electron chi connectivity index (χ2n) is 6.87. The maximum absolute atomic E-state index is 13.9. The lowest BCUT2D eigenvalue weighted by Crippen LogP contribution is -2.29. The van der Waals surface area contributed by atoms with Gasteiger partial charge in [-0.1, -0.05) is 23.8 Å². The second-order valence-corrected chi connectivity index (χ2v) is 7.85. The number of anilines is 1. The van der Waals surface area contributed by atoms with E-state index >= 15 is 0 Å². The van der Waals surface area contributed by atoms with Gasteiger partial charge in [0, 0.05) is 10.6 Å². The standard InChI is InChI=1S/C23H18FNO4S/c1-13-8-9-17(29-2)16(11-13)21(26)19-20(18-7-4-10-30-18)25(23(28)22(19)27)15-6-3-5-14(24)12-15/h3-12,20,26H,1-2H3/b21-19-. The maximum atomic E-state index is 13.9. The minimum absolute atomic E-state index is 0.0596. The number of hydrogen-bond acceptors (Lipinski definition) is 5. The number of thiophene rings is 1. The number of Topliss-reactive ketones (excluding diaryl/α,β-unsaturated/α-hetero) is 1. The summed E-state index contributed by atoms with van der Waals surface area (Å²) in [5.41, 5.74) is 1.35. The summed E-state index contributed by atoms with van der Waals surface area (Å²) >= 11 is 1.34. The Morgan fingerprint density at radius 3 is 2.60 bits per heavy atom. The molecule has 5 nitrogen and oxygen atoms in total. The number of aliphatic hydroxyl groups excluding tert-OH is 1. The van der Waals surface area contributed by atoms with Gasteiger partial charge in [-0.2, -0.15) is 0 Å². The van der Waals surface area contributed by atoms with E-state index in [4.69, 9.17) is 4.74 Å². The first-order valence-electron chi connectivity index (χ1n) is 9.17. The molecule has 1 N–H and O–H groups in total. The number of aryl methyl sites for hydroxylation is 1. The third-order valence-electron chi connectivity index (χ3n) is 4.95. The molecule has 4 rings (SSSR count). The molecule has 0 bridgehead atoms. The molecule has 2 heterocycles. The molecule has 30 heavy (non-hydrogen) atoms. The molecule has 0 saturated carbocycles. The van der Waals surface area contributed by atoms with E-state index in [0.717, 1.165) is 5.56 Å². The van der Waals surface area contributed by atoms with Crippen LogP contribution < -0.4 is 9.64 Å². The molecule has 1 fully saturated rings. The van der Waals surface area contributed by atoms with Crippen molar-refractivity contribution >= 4 is 34.5 Å². The molecule has 1 amide bonds. The Hall–Kier alpha value is -3.45. The van der Waals surface area contributed by atoms with Gasteiger partial charge in [0.15, 0.2) is 0 Å². The van der Waals surface area contributed by atoms with Gasteiger partial charge in [-0.05, 0) is 48.7 Å². The van der Waals surface area contributed by atoms with Crippen LogP contribution in [0.25, 0.3) is 5.76 Å². The lowest BCUT2D eigenvalue weighted by molar-refractivity contribution is -0.132. The number of nitrogens with zero attached hydrogens (tertiary/aromatic N) is 1. The van der Waals surface area contributed by atoms with Crippen molar-refractivity contribution < 1.29 is 23.8 Å². The summed E-state index contributed by atoms with van der Waals surface area (Å²) in [7, 11) is 1.46. The summed E-state index contributed by atoms with van der Waals surface area (Å²) in [5.74, 6) is -2.14. The number of amides is 1. The number of ketones is 1. The van der Waals surface area contributed by atoms with E-state index in [2.05, 4.69) is 0 Å². The number of hydrogen-bond donors (Lipinski definition) is 1. The number of halogens is 1. The molecule has 1 aliphatic heterocycles. The maximum Gasteiger partial charge on any atom is 0.300 e. The predicted octanol–water partition coefficient (Wildman–Crippen LogP) is 4.83. The summed E-state index contributed by atoms with van der Waals surface area (Å²) in [6.45, 7) is 1.85. The van der Waals surface area contributed by atoms with Crippen LogP contribution >= 0.6 is 11.3 Å². The van der Waals surface area contributed by atoms with Gasteiger partial charge in [0.1, 0.15) is 23.4 Å². The molecule has 0 radical (unpaired) electrons. The van der Waals surface area contributed by atoms with Crippen LogP contribution in [0.5, 0.6) is 5.75 Å². The average molecular weight is 423 g/mol. The van der Waals surface area contributed by atoms with Gasteiger partial charge in [0.2, 0.25) is 0 Å². The molecule has 152 valence electrons. The van der Waals surface area contributed by atoms with Crippen molar-refractivity contribution in [3.63, 3.8) is 0 Å². The van der Waals surface area contributed by atoms with Crippen molar-refractivity contribution in [2.45, 2.75) is 13.0 Å². The summed E-state index contributed by atoms with van der Waals surface area (Å²) in [4.78, 5) is 27.9. The molecule has 1 aromatic heterocycles. The summed E-state index contributed by atoms with van der Waals surface area (Å²) in [6, 6.07) is 13.4. The van der Waals surface area contributed by atoms with Gasteiger partial charge >= 0.3 is 0 Å². The number of carbonyl (C=O) groups is 2. The van der Waals surface area contributed by atoms with E-state index in [1.165, 1.54) is 41.5 Å². The molecule has 3 aromatic rings. The molecule has 0 spiro atoms. The van der Waals surface area contributed by atoms with Crippen LogP contribution in [0, 0.1) is 12.7 Å². The quantitative estimate of drug-likeness (QED) is 0.371. The summed E-state index contributed by atoms with van der Waals surface area (Å²) < 4.78 is 19.2. The second kappa shape index (κ2) is 7.76. The lowest BCUT2D eigenvalue weighted by Gasteiger charge is -2.24. The van der Waals surface area contributed by atoms with E-state index in [9.17, 15) is 19.1 Å². The smallest absolute Gasteiger partial charge is 0.300 e. The predicted molar refractivity (Wildman–Crippen MR) is 113 cm³/mol. The molecule has 2 aromatic carbocycles. The molecule has 0 aliphatic carbocycles. The number of carbonyl (C=O) groups excluding carboxylic acids is 2. The van der Waals surface area contributed by atoms with Gasteiger partial charge in [-0.15, -0.1) is 11.3 Å². The first-order chi connectivity index (χ1) is 14.4. The van der Waals surface area contributed by atoms with Crippen molar-refractivity contribution in [3.05, 3.63) is 87.4 Å². The Morgan fingerprint density at radius 2 is 1.93 bits per heavy atom. The number of rotatable bonds is 4. The van der Waals surface area contributed by atoms with Gasteiger partial charge in [0.05, 0.1) is 18.2 Å². The Balaban J connectivity index is 1.97. The first kappa shape index (κ1) is 19.8. The van der Waals surface area contributed by atoms with Crippen LogP contribution in [-0.2, 0) is 9.59 Å². The molecular weight excluding hydrogens is 405 g/mol. The largest absolute Gasteiger partial charge is 0.507 e. The highest BCUT2D eigenvalue weighted by molar-refractivity contribution is 7.10. The topological polar surface area (TPSA) is 66.8 Å². The van der Waals surface area contributed by atoms with E-state index in [1.807, 2.05) is 18.4 Å². The highest BCUT2D eigenvalue weighted by atomic mass is 32.1. The van der Waals surface area contributed by atoms with E-state index in [1.54, 1.807) is 30.3 Å². The summed E-state index contributed by atoms with van der Waals surface area (Å²) in [5, 5.41) is 13.0. The zero-order valence-corrected chi connectivity index (χ0v) is 17.1. The van der Waals surface area contributed by atoms with Crippen LogP contribution in [0.1, 0.15) is 22.0 Å². The zero-order valence-electron chi connectivity index (χ0n) is 16.3. The van der Waals surface area contributed by atoms with Gasteiger partial charge in [-0.3, -0.25) is 14.5 Å². The van der Waals surface area contributed by atoms with Gasteiger partial charge in [0.25, 0.3) is 11.7 Å².